The molecular formula is C18H37IN4. The molecular weight excluding hydrogens is 399 g/mol. The molecule has 23 heavy (non-hydrogen) atoms. The van der Waals surface area contributed by atoms with Gasteiger partial charge in [0, 0.05) is 12.6 Å². The maximum atomic E-state index is 6.02. The van der Waals surface area contributed by atoms with Crippen LogP contribution in [0.15, 0.2) is 4.99 Å². The first-order valence-electron chi connectivity index (χ1n) is 9.53. The van der Waals surface area contributed by atoms with Crippen LogP contribution in [0.3, 0.4) is 0 Å². The molecule has 0 aromatic rings. The summed E-state index contributed by atoms with van der Waals surface area (Å²) >= 11 is 0. The van der Waals surface area contributed by atoms with E-state index in [0.717, 1.165) is 18.9 Å². The SMILES string of the molecule is CC1CCN(CCCCN=C(N)NC2CCCCCC2)CC1.I. The van der Waals surface area contributed by atoms with Crippen LogP contribution in [0, 0.1) is 5.92 Å². The van der Waals surface area contributed by atoms with E-state index in [9.17, 15) is 0 Å². The number of guanidine groups is 1. The van der Waals surface area contributed by atoms with Crippen LogP contribution in [-0.4, -0.2) is 43.1 Å². The Kier molecular flexibility index (Phi) is 11.3. The third-order valence-corrected chi connectivity index (χ3v) is 5.25. The number of likely N-dealkylation sites (tertiary alicyclic amines) is 1. The second-order valence-electron chi connectivity index (χ2n) is 7.33. The topological polar surface area (TPSA) is 53.6 Å². The average molecular weight is 436 g/mol. The summed E-state index contributed by atoms with van der Waals surface area (Å²) in [7, 11) is 0. The van der Waals surface area contributed by atoms with Crippen molar-refractivity contribution in [3.05, 3.63) is 0 Å². The molecule has 0 aromatic carbocycles. The Bertz CT molecular complexity index is 319. The predicted octanol–water partition coefficient (Wildman–Crippen LogP) is 3.74. The highest BCUT2D eigenvalue weighted by atomic mass is 127. The lowest BCUT2D eigenvalue weighted by molar-refractivity contribution is 0.190. The number of rotatable bonds is 6. The van der Waals surface area contributed by atoms with E-state index in [1.807, 2.05) is 0 Å². The summed E-state index contributed by atoms with van der Waals surface area (Å²) in [5.74, 6) is 1.59. The van der Waals surface area contributed by atoms with Gasteiger partial charge in [0.25, 0.3) is 0 Å². The molecule has 4 nitrogen and oxygen atoms in total. The number of hydrogen-bond acceptors (Lipinski definition) is 2. The summed E-state index contributed by atoms with van der Waals surface area (Å²) < 4.78 is 0. The van der Waals surface area contributed by atoms with Crippen molar-refractivity contribution >= 4 is 29.9 Å². The number of halogens is 1. The van der Waals surface area contributed by atoms with E-state index in [2.05, 4.69) is 22.1 Å². The lowest BCUT2D eigenvalue weighted by Crippen LogP contribution is -2.39. The van der Waals surface area contributed by atoms with Crippen LogP contribution in [0.25, 0.3) is 0 Å². The summed E-state index contributed by atoms with van der Waals surface area (Å²) in [6.45, 7) is 7.05. The van der Waals surface area contributed by atoms with E-state index in [-0.39, 0.29) is 24.0 Å². The van der Waals surface area contributed by atoms with Crippen molar-refractivity contribution in [2.75, 3.05) is 26.2 Å². The standard InChI is InChI=1S/C18H36N4.HI/c1-16-10-14-22(15-11-16)13-7-6-12-20-18(19)21-17-8-4-2-3-5-9-17;/h16-17H,2-15H2,1H3,(H3,19,20,21);1H. The van der Waals surface area contributed by atoms with Gasteiger partial charge in [-0.3, -0.25) is 4.99 Å². The Morgan fingerprint density at radius 3 is 2.35 bits per heavy atom. The van der Waals surface area contributed by atoms with Crippen molar-refractivity contribution in [1.82, 2.24) is 10.2 Å². The maximum Gasteiger partial charge on any atom is 0.188 e. The third kappa shape index (κ3) is 9.13. The van der Waals surface area contributed by atoms with E-state index in [1.54, 1.807) is 0 Å². The molecule has 2 aliphatic rings. The van der Waals surface area contributed by atoms with Gasteiger partial charge in [0.1, 0.15) is 0 Å². The van der Waals surface area contributed by atoms with Gasteiger partial charge >= 0.3 is 0 Å². The molecule has 2 rings (SSSR count). The minimum absolute atomic E-state index is 0. The molecule has 1 saturated heterocycles. The van der Waals surface area contributed by atoms with Gasteiger partial charge in [0.15, 0.2) is 5.96 Å². The molecule has 0 aromatic heterocycles. The Labute approximate surface area is 160 Å². The first-order valence-corrected chi connectivity index (χ1v) is 9.53. The van der Waals surface area contributed by atoms with E-state index < -0.39 is 0 Å². The normalized spacial score (nSPS) is 22.4. The number of hydrogen-bond donors (Lipinski definition) is 2. The average Bonchev–Trinajstić information content (AvgIpc) is 2.77. The molecule has 0 spiro atoms. The highest BCUT2D eigenvalue weighted by Crippen LogP contribution is 2.17. The fourth-order valence-corrected chi connectivity index (χ4v) is 3.61. The largest absolute Gasteiger partial charge is 0.370 e. The van der Waals surface area contributed by atoms with Crippen LogP contribution >= 0.6 is 24.0 Å². The Balaban J connectivity index is 0.00000264. The van der Waals surface area contributed by atoms with Gasteiger partial charge in [0.2, 0.25) is 0 Å². The summed E-state index contributed by atoms with van der Waals surface area (Å²) in [4.78, 5) is 7.12. The number of nitrogens with zero attached hydrogens (tertiary/aromatic N) is 2. The molecule has 1 aliphatic heterocycles. The van der Waals surface area contributed by atoms with Crippen molar-refractivity contribution in [2.24, 2.45) is 16.6 Å². The molecule has 0 unspecified atom stereocenters. The minimum Gasteiger partial charge on any atom is -0.370 e. The molecule has 1 saturated carbocycles. The van der Waals surface area contributed by atoms with E-state index >= 15 is 0 Å². The molecule has 3 N–H and O–H groups in total. The quantitative estimate of drug-likeness (QED) is 0.219. The minimum atomic E-state index is 0. The van der Waals surface area contributed by atoms with Crippen molar-refractivity contribution in [1.29, 1.82) is 0 Å². The molecule has 0 bridgehead atoms. The number of unbranched alkanes of at least 4 members (excludes halogenated alkanes) is 1. The first kappa shape index (κ1) is 21.0. The summed E-state index contributed by atoms with van der Waals surface area (Å²) in [5.41, 5.74) is 6.02. The van der Waals surface area contributed by atoms with Gasteiger partial charge in [-0.25, -0.2) is 0 Å². The van der Waals surface area contributed by atoms with Crippen LogP contribution in [-0.2, 0) is 0 Å². The van der Waals surface area contributed by atoms with Gasteiger partial charge < -0.3 is 16.0 Å². The zero-order valence-electron chi connectivity index (χ0n) is 14.9. The van der Waals surface area contributed by atoms with Crippen molar-refractivity contribution in [3.63, 3.8) is 0 Å². The third-order valence-electron chi connectivity index (χ3n) is 5.25. The lowest BCUT2D eigenvalue weighted by atomic mass is 9.99. The number of nitrogens with two attached hydrogens (primary N) is 1. The molecule has 5 heteroatoms. The predicted molar refractivity (Wildman–Crippen MR) is 111 cm³/mol. The summed E-state index contributed by atoms with van der Waals surface area (Å²) in [6, 6.07) is 0.557. The van der Waals surface area contributed by atoms with Gasteiger partial charge in [-0.15, -0.1) is 24.0 Å². The molecule has 136 valence electrons. The molecule has 1 heterocycles. The monoisotopic (exact) mass is 436 g/mol. The first-order chi connectivity index (χ1) is 10.7. The van der Waals surface area contributed by atoms with E-state index in [4.69, 9.17) is 5.73 Å². The lowest BCUT2D eigenvalue weighted by Gasteiger charge is -2.30. The number of piperidine rings is 1. The number of aliphatic imine (C=N–C) groups is 1. The Morgan fingerprint density at radius 2 is 1.70 bits per heavy atom. The zero-order valence-corrected chi connectivity index (χ0v) is 17.3. The summed E-state index contributed by atoms with van der Waals surface area (Å²) in [6.07, 6.45) is 13.1. The Hall–Kier alpha value is -0.0400. The van der Waals surface area contributed by atoms with Crippen LogP contribution in [0.1, 0.15) is 71.1 Å². The van der Waals surface area contributed by atoms with Crippen molar-refractivity contribution in [3.8, 4) is 0 Å². The molecule has 0 amide bonds. The van der Waals surface area contributed by atoms with Gasteiger partial charge in [-0.2, -0.15) is 0 Å². The molecule has 0 atom stereocenters. The summed E-state index contributed by atoms with van der Waals surface area (Å²) in [5, 5.41) is 3.42. The molecule has 2 fully saturated rings. The fourth-order valence-electron chi connectivity index (χ4n) is 3.61. The zero-order chi connectivity index (χ0) is 15.6. The molecule has 0 radical (unpaired) electrons. The van der Waals surface area contributed by atoms with Gasteiger partial charge in [-0.1, -0.05) is 32.6 Å². The van der Waals surface area contributed by atoms with Crippen LogP contribution < -0.4 is 11.1 Å². The smallest absolute Gasteiger partial charge is 0.188 e. The highest BCUT2D eigenvalue weighted by molar-refractivity contribution is 14.0. The van der Waals surface area contributed by atoms with Crippen LogP contribution in [0.4, 0.5) is 0 Å². The van der Waals surface area contributed by atoms with E-state index in [1.165, 1.54) is 77.4 Å². The van der Waals surface area contributed by atoms with Crippen LogP contribution in [0.5, 0.6) is 0 Å². The van der Waals surface area contributed by atoms with Gasteiger partial charge in [-0.05, 0) is 64.1 Å². The van der Waals surface area contributed by atoms with Crippen molar-refractivity contribution < 1.29 is 0 Å². The van der Waals surface area contributed by atoms with Crippen LogP contribution in [0.2, 0.25) is 0 Å². The van der Waals surface area contributed by atoms with Crippen molar-refractivity contribution in [2.45, 2.75) is 77.2 Å². The van der Waals surface area contributed by atoms with E-state index in [0.29, 0.717) is 12.0 Å². The molecule has 1 aliphatic carbocycles. The highest BCUT2D eigenvalue weighted by Gasteiger charge is 2.15. The second-order valence-corrected chi connectivity index (χ2v) is 7.33. The number of nitrogens with one attached hydrogen (secondary N) is 1. The second kappa shape index (κ2) is 12.3. The maximum absolute atomic E-state index is 6.02. The Morgan fingerprint density at radius 1 is 1.04 bits per heavy atom. The fraction of sp³-hybridized carbons (Fsp3) is 0.944. The van der Waals surface area contributed by atoms with Gasteiger partial charge in [0.05, 0.1) is 0 Å².